The molecular weight excluding hydrogens is 286 g/mol. The topological polar surface area (TPSA) is 57.8 Å². The molecule has 3 rings (SSSR count). The Kier molecular flexibility index (Phi) is 4.67. The van der Waals surface area contributed by atoms with Crippen molar-refractivity contribution in [1.29, 1.82) is 0 Å². The highest BCUT2D eigenvalue weighted by atomic mass is 32.1. The fourth-order valence-corrected chi connectivity index (χ4v) is 3.88. The first-order chi connectivity index (χ1) is 10.3. The third-order valence-electron chi connectivity index (χ3n) is 4.20. The molecule has 2 aromatic rings. The largest absolute Gasteiger partial charge is 0.395 e. The fraction of sp³-hybridized carbons (Fsp3) is 0.600. The molecule has 6 heteroatoms. The Morgan fingerprint density at radius 3 is 2.95 bits per heavy atom. The maximum absolute atomic E-state index is 12.0. The van der Waals surface area contributed by atoms with Crippen LogP contribution < -0.4 is 5.56 Å². The van der Waals surface area contributed by atoms with E-state index < -0.39 is 0 Å². The Balaban J connectivity index is 1.81. The van der Waals surface area contributed by atoms with Gasteiger partial charge in [-0.25, -0.2) is 4.98 Å². The van der Waals surface area contributed by atoms with Gasteiger partial charge in [-0.1, -0.05) is 19.3 Å². The number of hydrogen-bond donors (Lipinski definition) is 1. The number of fused-ring (bicyclic) bond motifs is 1. The smallest absolute Gasteiger partial charge is 0.258 e. The molecule has 0 bridgehead atoms. The van der Waals surface area contributed by atoms with Crippen LogP contribution in [0, 0.1) is 0 Å². The average Bonchev–Trinajstić information content (AvgIpc) is 2.97. The highest BCUT2D eigenvalue weighted by molar-refractivity contribution is 7.15. The summed E-state index contributed by atoms with van der Waals surface area (Å²) in [6, 6.07) is 2.13. The van der Waals surface area contributed by atoms with Crippen LogP contribution in [-0.2, 0) is 6.54 Å². The van der Waals surface area contributed by atoms with Crippen LogP contribution in [0.15, 0.2) is 22.4 Å². The predicted octanol–water partition coefficient (Wildman–Crippen LogP) is 1.88. The number of nitrogens with zero attached hydrogens (tertiary/aromatic N) is 3. The van der Waals surface area contributed by atoms with Crippen LogP contribution in [0.5, 0.6) is 0 Å². The maximum Gasteiger partial charge on any atom is 0.258 e. The summed E-state index contributed by atoms with van der Waals surface area (Å²) in [5.74, 6) is 0. The van der Waals surface area contributed by atoms with Crippen LogP contribution in [-0.4, -0.2) is 38.6 Å². The third kappa shape index (κ3) is 3.33. The Labute approximate surface area is 127 Å². The number of aromatic nitrogens is 2. The number of rotatable bonds is 5. The highest BCUT2D eigenvalue weighted by Gasteiger charge is 2.21. The van der Waals surface area contributed by atoms with Gasteiger partial charge in [0.25, 0.3) is 5.56 Å². The third-order valence-corrected chi connectivity index (χ3v) is 4.96. The van der Waals surface area contributed by atoms with Gasteiger partial charge in [-0.3, -0.25) is 14.1 Å². The van der Waals surface area contributed by atoms with Crippen molar-refractivity contribution in [3.05, 3.63) is 33.7 Å². The standard InChI is InChI=1S/C15H21N3O2S/c19-8-6-17(13-4-2-1-3-5-13)11-12-10-14(20)18-7-9-21-15(18)16-12/h7,9-10,13,19H,1-6,8,11H2. The molecule has 2 aromatic heterocycles. The van der Waals surface area contributed by atoms with E-state index in [4.69, 9.17) is 0 Å². The molecule has 0 saturated heterocycles. The molecule has 0 radical (unpaired) electrons. The Morgan fingerprint density at radius 1 is 1.38 bits per heavy atom. The van der Waals surface area contributed by atoms with Crippen LogP contribution in [0.2, 0.25) is 0 Å². The summed E-state index contributed by atoms with van der Waals surface area (Å²) in [5.41, 5.74) is 0.783. The maximum atomic E-state index is 12.0. The SMILES string of the molecule is O=c1cc(CN(CCO)C2CCCCC2)nc2sccn12. The van der Waals surface area contributed by atoms with Gasteiger partial charge in [-0.2, -0.15) is 0 Å². The fourth-order valence-electron chi connectivity index (χ4n) is 3.14. The number of hydrogen-bond acceptors (Lipinski definition) is 5. The van der Waals surface area contributed by atoms with Crippen LogP contribution in [0.25, 0.3) is 4.96 Å². The zero-order valence-electron chi connectivity index (χ0n) is 12.1. The average molecular weight is 307 g/mol. The Bertz CT molecular complexity index is 646. The molecule has 5 nitrogen and oxygen atoms in total. The quantitative estimate of drug-likeness (QED) is 0.916. The summed E-state index contributed by atoms with van der Waals surface area (Å²) in [6.07, 6.45) is 7.94. The summed E-state index contributed by atoms with van der Waals surface area (Å²) in [6.45, 7) is 1.45. The first-order valence-electron chi connectivity index (χ1n) is 7.58. The molecule has 0 aromatic carbocycles. The van der Waals surface area contributed by atoms with E-state index in [9.17, 15) is 9.90 Å². The minimum Gasteiger partial charge on any atom is -0.395 e. The lowest BCUT2D eigenvalue weighted by Crippen LogP contribution is -2.38. The van der Waals surface area contributed by atoms with E-state index in [0.29, 0.717) is 19.1 Å². The summed E-state index contributed by atoms with van der Waals surface area (Å²) in [5, 5.41) is 11.2. The molecule has 21 heavy (non-hydrogen) atoms. The molecule has 1 fully saturated rings. The molecule has 1 aliphatic carbocycles. The van der Waals surface area contributed by atoms with Crippen LogP contribution in [0.4, 0.5) is 0 Å². The number of aliphatic hydroxyl groups is 1. The second kappa shape index (κ2) is 6.68. The van der Waals surface area contributed by atoms with Crippen molar-refractivity contribution >= 4 is 16.3 Å². The van der Waals surface area contributed by atoms with Gasteiger partial charge in [-0.05, 0) is 12.8 Å². The molecule has 0 unspecified atom stereocenters. The van der Waals surface area contributed by atoms with E-state index in [2.05, 4.69) is 9.88 Å². The van der Waals surface area contributed by atoms with Gasteiger partial charge in [0.05, 0.1) is 12.3 Å². The van der Waals surface area contributed by atoms with Gasteiger partial charge in [0.1, 0.15) is 0 Å². The van der Waals surface area contributed by atoms with Gasteiger partial charge in [-0.15, -0.1) is 11.3 Å². The minimum absolute atomic E-state index is 0.0242. The summed E-state index contributed by atoms with van der Waals surface area (Å²) >= 11 is 1.48. The van der Waals surface area contributed by atoms with Crippen LogP contribution >= 0.6 is 11.3 Å². The Morgan fingerprint density at radius 2 is 2.19 bits per heavy atom. The molecule has 1 aliphatic rings. The zero-order chi connectivity index (χ0) is 14.7. The van der Waals surface area contributed by atoms with Crippen LogP contribution in [0.3, 0.4) is 0 Å². The van der Waals surface area contributed by atoms with Crippen molar-refractivity contribution in [3.63, 3.8) is 0 Å². The van der Waals surface area contributed by atoms with Crippen molar-refractivity contribution < 1.29 is 5.11 Å². The second-order valence-corrected chi connectivity index (χ2v) is 6.50. The summed E-state index contributed by atoms with van der Waals surface area (Å²) < 4.78 is 1.57. The van der Waals surface area contributed by atoms with E-state index in [-0.39, 0.29) is 12.2 Å². The summed E-state index contributed by atoms with van der Waals surface area (Å²) in [7, 11) is 0. The molecule has 1 N–H and O–H groups in total. The van der Waals surface area contributed by atoms with Gasteiger partial charge in [0.2, 0.25) is 0 Å². The molecule has 2 heterocycles. The monoisotopic (exact) mass is 307 g/mol. The van der Waals surface area contributed by atoms with Gasteiger partial charge in [0, 0.05) is 36.8 Å². The van der Waals surface area contributed by atoms with E-state index in [1.165, 1.54) is 43.4 Å². The molecule has 0 spiro atoms. The highest BCUT2D eigenvalue weighted by Crippen LogP contribution is 2.23. The summed E-state index contributed by atoms with van der Waals surface area (Å²) in [4.78, 5) is 19.6. The second-order valence-electron chi connectivity index (χ2n) is 5.63. The molecule has 0 aliphatic heterocycles. The van der Waals surface area contributed by atoms with Crippen molar-refractivity contribution in [2.75, 3.05) is 13.2 Å². The van der Waals surface area contributed by atoms with Gasteiger partial charge in [0.15, 0.2) is 4.96 Å². The van der Waals surface area contributed by atoms with Gasteiger partial charge >= 0.3 is 0 Å². The van der Waals surface area contributed by atoms with Crippen molar-refractivity contribution in [1.82, 2.24) is 14.3 Å². The molecule has 1 saturated carbocycles. The van der Waals surface area contributed by atoms with E-state index >= 15 is 0 Å². The van der Waals surface area contributed by atoms with Crippen molar-refractivity contribution in [2.45, 2.75) is 44.7 Å². The van der Waals surface area contributed by atoms with Crippen molar-refractivity contribution in [2.24, 2.45) is 0 Å². The minimum atomic E-state index is -0.0242. The molecule has 0 atom stereocenters. The Hall–Kier alpha value is -1.24. The lowest BCUT2D eigenvalue weighted by atomic mass is 9.94. The van der Waals surface area contributed by atoms with E-state index in [0.717, 1.165) is 10.7 Å². The van der Waals surface area contributed by atoms with E-state index in [1.807, 2.05) is 5.38 Å². The number of aliphatic hydroxyl groups excluding tert-OH is 1. The molecule has 0 amide bonds. The molecular formula is C15H21N3O2S. The van der Waals surface area contributed by atoms with Crippen LogP contribution in [0.1, 0.15) is 37.8 Å². The van der Waals surface area contributed by atoms with Gasteiger partial charge < -0.3 is 5.11 Å². The zero-order valence-corrected chi connectivity index (χ0v) is 12.9. The van der Waals surface area contributed by atoms with Crippen molar-refractivity contribution in [3.8, 4) is 0 Å². The lowest BCUT2D eigenvalue weighted by Gasteiger charge is -2.33. The lowest BCUT2D eigenvalue weighted by molar-refractivity contribution is 0.116. The normalized spacial score (nSPS) is 16.9. The first-order valence-corrected chi connectivity index (χ1v) is 8.46. The first kappa shape index (κ1) is 14.7. The van der Waals surface area contributed by atoms with E-state index in [1.54, 1.807) is 16.7 Å². The molecule has 114 valence electrons. The predicted molar refractivity (Wildman–Crippen MR) is 83.7 cm³/mol. The number of thiazole rings is 1.